The lowest BCUT2D eigenvalue weighted by molar-refractivity contribution is -0.0413. The SMILES string of the molecule is COC(=O)c1ccc(CN2CC3CCC(C2)O3)nc1. The molecule has 0 amide bonds. The average molecular weight is 262 g/mol. The number of methoxy groups -OCH3 is 1. The van der Waals surface area contributed by atoms with Crippen molar-refractivity contribution in [1.29, 1.82) is 0 Å². The van der Waals surface area contributed by atoms with Crippen LogP contribution in [0.5, 0.6) is 0 Å². The van der Waals surface area contributed by atoms with Gasteiger partial charge in [-0.1, -0.05) is 0 Å². The summed E-state index contributed by atoms with van der Waals surface area (Å²) in [5, 5.41) is 0. The molecule has 2 aliphatic heterocycles. The Kier molecular flexibility index (Phi) is 3.48. The number of aromatic nitrogens is 1. The standard InChI is InChI=1S/C14H18N2O3/c1-18-14(17)10-2-3-11(15-6-10)7-16-8-12-4-5-13(9-16)19-12/h2-3,6,12-13H,4-5,7-9H2,1H3. The molecule has 0 aromatic carbocycles. The summed E-state index contributed by atoms with van der Waals surface area (Å²) < 4.78 is 10.5. The first-order chi connectivity index (χ1) is 9.24. The van der Waals surface area contributed by atoms with Crippen LogP contribution in [0.2, 0.25) is 0 Å². The number of hydrogen-bond donors (Lipinski definition) is 0. The lowest BCUT2D eigenvalue weighted by atomic mass is 10.2. The van der Waals surface area contributed by atoms with E-state index in [1.165, 1.54) is 20.0 Å². The van der Waals surface area contributed by atoms with Crippen LogP contribution in [0.4, 0.5) is 0 Å². The number of carbonyl (C=O) groups excluding carboxylic acids is 1. The Balaban J connectivity index is 1.62. The molecule has 2 unspecified atom stereocenters. The second kappa shape index (κ2) is 5.27. The molecule has 2 saturated heterocycles. The fraction of sp³-hybridized carbons (Fsp3) is 0.571. The summed E-state index contributed by atoms with van der Waals surface area (Å²) in [7, 11) is 1.37. The minimum atomic E-state index is -0.344. The molecule has 2 fully saturated rings. The highest BCUT2D eigenvalue weighted by Gasteiger charge is 2.33. The van der Waals surface area contributed by atoms with Crippen molar-refractivity contribution >= 4 is 5.97 Å². The largest absolute Gasteiger partial charge is 0.465 e. The van der Waals surface area contributed by atoms with E-state index in [-0.39, 0.29) is 5.97 Å². The zero-order valence-electron chi connectivity index (χ0n) is 11.0. The van der Waals surface area contributed by atoms with Crippen LogP contribution in [-0.2, 0) is 16.0 Å². The number of rotatable bonds is 3. The van der Waals surface area contributed by atoms with E-state index in [1.807, 2.05) is 6.07 Å². The van der Waals surface area contributed by atoms with Crippen molar-refractivity contribution in [1.82, 2.24) is 9.88 Å². The molecule has 1 aromatic heterocycles. The first-order valence-corrected chi connectivity index (χ1v) is 6.65. The third kappa shape index (κ3) is 2.77. The van der Waals surface area contributed by atoms with Crippen LogP contribution in [0.25, 0.3) is 0 Å². The van der Waals surface area contributed by atoms with Crippen LogP contribution in [-0.4, -0.2) is 48.3 Å². The lowest BCUT2D eigenvalue weighted by Gasteiger charge is -2.31. The van der Waals surface area contributed by atoms with Crippen molar-refractivity contribution in [3.63, 3.8) is 0 Å². The van der Waals surface area contributed by atoms with Crippen molar-refractivity contribution in [3.05, 3.63) is 29.6 Å². The number of carbonyl (C=O) groups is 1. The topological polar surface area (TPSA) is 51.7 Å². The molecule has 0 aliphatic carbocycles. The van der Waals surface area contributed by atoms with Crippen molar-refractivity contribution in [3.8, 4) is 0 Å². The van der Waals surface area contributed by atoms with Gasteiger partial charge in [0.15, 0.2) is 0 Å². The average Bonchev–Trinajstić information content (AvgIpc) is 2.78. The minimum absolute atomic E-state index is 0.344. The van der Waals surface area contributed by atoms with Gasteiger partial charge in [-0.05, 0) is 25.0 Å². The van der Waals surface area contributed by atoms with Gasteiger partial charge in [-0.3, -0.25) is 9.88 Å². The highest BCUT2D eigenvalue weighted by Crippen LogP contribution is 2.26. The first kappa shape index (κ1) is 12.6. The van der Waals surface area contributed by atoms with Crippen molar-refractivity contribution in [2.75, 3.05) is 20.2 Å². The van der Waals surface area contributed by atoms with Crippen LogP contribution in [0.3, 0.4) is 0 Å². The van der Waals surface area contributed by atoms with Gasteiger partial charge in [0, 0.05) is 25.8 Å². The summed E-state index contributed by atoms with van der Waals surface area (Å²) in [6, 6.07) is 3.66. The van der Waals surface area contributed by atoms with Gasteiger partial charge in [0.1, 0.15) is 0 Å². The summed E-state index contributed by atoms with van der Waals surface area (Å²) in [5.74, 6) is -0.344. The molecule has 0 radical (unpaired) electrons. The van der Waals surface area contributed by atoms with Crippen molar-refractivity contribution in [2.24, 2.45) is 0 Å². The number of pyridine rings is 1. The maximum absolute atomic E-state index is 11.3. The van der Waals surface area contributed by atoms with E-state index in [1.54, 1.807) is 12.3 Å². The number of fused-ring (bicyclic) bond motifs is 2. The highest BCUT2D eigenvalue weighted by atomic mass is 16.5. The Labute approximate surface area is 112 Å². The molecule has 3 heterocycles. The molecule has 102 valence electrons. The maximum atomic E-state index is 11.3. The lowest BCUT2D eigenvalue weighted by Crippen LogP contribution is -2.42. The van der Waals surface area contributed by atoms with E-state index in [0.29, 0.717) is 17.8 Å². The molecule has 19 heavy (non-hydrogen) atoms. The third-order valence-corrected chi connectivity index (χ3v) is 3.75. The number of morpholine rings is 1. The van der Waals surface area contributed by atoms with Crippen molar-refractivity contribution in [2.45, 2.75) is 31.6 Å². The zero-order valence-corrected chi connectivity index (χ0v) is 11.0. The summed E-state index contributed by atoms with van der Waals surface area (Å²) in [6.45, 7) is 2.78. The van der Waals surface area contributed by atoms with Crippen LogP contribution in [0, 0.1) is 0 Å². The van der Waals surface area contributed by atoms with Gasteiger partial charge in [-0.2, -0.15) is 0 Å². The van der Waals surface area contributed by atoms with Gasteiger partial charge in [0.05, 0.1) is 30.6 Å². The summed E-state index contributed by atoms with van der Waals surface area (Å²) in [6.07, 6.45) is 4.73. The Bertz CT molecular complexity index is 448. The van der Waals surface area contributed by atoms with Crippen molar-refractivity contribution < 1.29 is 14.3 Å². The molecule has 0 saturated carbocycles. The molecule has 2 atom stereocenters. The van der Waals surface area contributed by atoms with E-state index < -0.39 is 0 Å². The summed E-state index contributed by atoms with van der Waals surface area (Å²) >= 11 is 0. The second-order valence-corrected chi connectivity index (χ2v) is 5.18. The minimum Gasteiger partial charge on any atom is -0.465 e. The Morgan fingerprint density at radius 1 is 1.42 bits per heavy atom. The van der Waals surface area contributed by atoms with Crippen LogP contribution >= 0.6 is 0 Å². The second-order valence-electron chi connectivity index (χ2n) is 5.18. The monoisotopic (exact) mass is 262 g/mol. The van der Waals surface area contributed by atoms with Gasteiger partial charge in [-0.15, -0.1) is 0 Å². The molecular weight excluding hydrogens is 244 g/mol. The van der Waals surface area contributed by atoms with Crippen LogP contribution in [0.1, 0.15) is 28.9 Å². The molecule has 5 nitrogen and oxygen atoms in total. The molecule has 0 N–H and O–H groups in total. The fourth-order valence-electron chi connectivity index (χ4n) is 2.81. The normalized spacial score (nSPS) is 26.4. The summed E-state index contributed by atoms with van der Waals surface area (Å²) in [5.41, 5.74) is 1.47. The van der Waals surface area contributed by atoms with E-state index >= 15 is 0 Å². The first-order valence-electron chi connectivity index (χ1n) is 6.65. The van der Waals surface area contributed by atoms with E-state index in [2.05, 4.69) is 14.6 Å². The molecule has 2 aliphatic rings. The van der Waals surface area contributed by atoms with E-state index in [4.69, 9.17) is 4.74 Å². The quantitative estimate of drug-likeness (QED) is 0.767. The molecule has 3 rings (SSSR count). The van der Waals surface area contributed by atoms with Gasteiger partial charge >= 0.3 is 5.97 Å². The summed E-state index contributed by atoms with van der Waals surface area (Å²) in [4.78, 5) is 18.0. The Morgan fingerprint density at radius 2 is 2.16 bits per heavy atom. The van der Waals surface area contributed by atoms with Crippen LogP contribution < -0.4 is 0 Å². The van der Waals surface area contributed by atoms with E-state index in [9.17, 15) is 4.79 Å². The molecule has 0 spiro atoms. The number of esters is 1. The van der Waals surface area contributed by atoms with Gasteiger partial charge in [-0.25, -0.2) is 4.79 Å². The van der Waals surface area contributed by atoms with Gasteiger partial charge in [0.25, 0.3) is 0 Å². The molecule has 2 bridgehead atoms. The number of ether oxygens (including phenoxy) is 2. The zero-order chi connectivity index (χ0) is 13.2. The smallest absolute Gasteiger partial charge is 0.339 e. The predicted molar refractivity (Wildman–Crippen MR) is 68.7 cm³/mol. The Morgan fingerprint density at radius 3 is 2.74 bits per heavy atom. The molecule has 1 aromatic rings. The number of hydrogen-bond acceptors (Lipinski definition) is 5. The van der Waals surface area contributed by atoms with Gasteiger partial charge < -0.3 is 9.47 Å². The molecular formula is C14H18N2O3. The third-order valence-electron chi connectivity index (χ3n) is 3.75. The fourth-order valence-corrected chi connectivity index (χ4v) is 2.81. The van der Waals surface area contributed by atoms with Crippen LogP contribution in [0.15, 0.2) is 18.3 Å². The van der Waals surface area contributed by atoms with Gasteiger partial charge in [0.2, 0.25) is 0 Å². The van der Waals surface area contributed by atoms with E-state index in [0.717, 1.165) is 25.3 Å². The predicted octanol–water partition coefficient (Wildman–Crippen LogP) is 1.23. The highest BCUT2D eigenvalue weighted by molar-refractivity contribution is 5.88. The maximum Gasteiger partial charge on any atom is 0.339 e. The number of nitrogens with zero attached hydrogens (tertiary/aromatic N) is 2. The molecule has 5 heteroatoms. The number of likely N-dealkylation sites (tertiary alicyclic amines) is 1. The Hall–Kier alpha value is -1.46.